The summed E-state index contributed by atoms with van der Waals surface area (Å²) in [5.41, 5.74) is 0.770. The third-order valence-corrected chi connectivity index (χ3v) is 6.51. The number of halogens is 1. The number of rotatable bonds is 5. The summed E-state index contributed by atoms with van der Waals surface area (Å²) in [6, 6.07) is 10.7. The van der Waals surface area contributed by atoms with Crippen LogP contribution in [-0.2, 0) is 6.42 Å². The van der Waals surface area contributed by atoms with Crippen LogP contribution in [0.15, 0.2) is 42.6 Å². The van der Waals surface area contributed by atoms with Crippen LogP contribution >= 0.6 is 11.6 Å². The molecule has 4 rings (SSSR count). The Morgan fingerprint density at radius 2 is 2.04 bits per heavy atom. The summed E-state index contributed by atoms with van der Waals surface area (Å²) in [5.74, 6) is 0.380. The van der Waals surface area contributed by atoms with Gasteiger partial charge in [0.2, 0.25) is 0 Å². The van der Waals surface area contributed by atoms with Crippen molar-refractivity contribution in [2.24, 2.45) is 11.3 Å². The fourth-order valence-electron chi connectivity index (χ4n) is 5.10. The van der Waals surface area contributed by atoms with E-state index in [2.05, 4.69) is 16.8 Å². The third kappa shape index (κ3) is 3.93. The molecule has 1 aliphatic carbocycles. The number of aromatic nitrogens is 1. The van der Waals surface area contributed by atoms with Gasteiger partial charge in [-0.1, -0.05) is 30.7 Å². The van der Waals surface area contributed by atoms with Gasteiger partial charge in [-0.25, -0.2) is 4.98 Å². The van der Waals surface area contributed by atoms with Crippen molar-refractivity contribution in [3.8, 4) is 5.75 Å². The van der Waals surface area contributed by atoms with Gasteiger partial charge in [0.05, 0.1) is 18.3 Å². The van der Waals surface area contributed by atoms with Crippen molar-refractivity contribution in [1.82, 2.24) is 9.88 Å². The first-order valence-corrected chi connectivity index (χ1v) is 10.00. The fraction of sp³-hybridized carbons (Fsp3) is 0.455. The Bertz CT molecular complexity index is 870. The van der Waals surface area contributed by atoms with Crippen molar-refractivity contribution in [2.75, 3.05) is 19.6 Å². The molecule has 2 N–H and O–H groups in total. The number of ketones is 1. The molecule has 28 heavy (non-hydrogen) atoms. The van der Waals surface area contributed by atoms with E-state index in [4.69, 9.17) is 11.6 Å². The second-order valence-electron chi connectivity index (χ2n) is 8.75. The number of fused-ring (bicyclic) bond motifs is 1. The van der Waals surface area contributed by atoms with Crippen LogP contribution in [0.4, 0.5) is 0 Å². The molecule has 5 nitrogen and oxygen atoms in total. The number of benzene rings is 1. The van der Waals surface area contributed by atoms with E-state index in [1.807, 2.05) is 24.3 Å². The minimum absolute atomic E-state index is 0.00381. The molecule has 1 saturated heterocycles. The Kier molecular flexibility index (Phi) is 4.94. The lowest BCUT2D eigenvalue weighted by Gasteiger charge is -2.28. The topological polar surface area (TPSA) is 73.7 Å². The summed E-state index contributed by atoms with van der Waals surface area (Å²) in [6.45, 7) is 4.15. The van der Waals surface area contributed by atoms with Crippen molar-refractivity contribution in [3.63, 3.8) is 0 Å². The van der Waals surface area contributed by atoms with Crippen LogP contribution in [0, 0.1) is 11.3 Å². The molecular formula is C22H25ClN2O3. The first kappa shape index (κ1) is 19.4. The molecule has 2 aromatic rings. The predicted octanol–water partition coefficient (Wildman–Crippen LogP) is 3.33. The Morgan fingerprint density at radius 1 is 1.29 bits per heavy atom. The highest BCUT2D eigenvalue weighted by Crippen LogP contribution is 2.53. The summed E-state index contributed by atoms with van der Waals surface area (Å²) < 4.78 is 0. The molecule has 1 aromatic carbocycles. The predicted molar refractivity (Wildman–Crippen MR) is 108 cm³/mol. The fourth-order valence-corrected chi connectivity index (χ4v) is 5.23. The number of likely N-dealkylation sites (tertiary alicyclic amines) is 1. The van der Waals surface area contributed by atoms with Crippen molar-refractivity contribution in [1.29, 1.82) is 0 Å². The van der Waals surface area contributed by atoms with Gasteiger partial charge in [0.25, 0.3) is 0 Å². The highest BCUT2D eigenvalue weighted by molar-refractivity contribution is 6.30. The molecule has 0 spiro atoms. The van der Waals surface area contributed by atoms with Gasteiger partial charge >= 0.3 is 0 Å². The van der Waals surface area contributed by atoms with Gasteiger partial charge in [-0.15, -0.1) is 0 Å². The number of hydrogen-bond donors (Lipinski definition) is 2. The van der Waals surface area contributed by atoms with Gasteiger partial charge in [0, 0.05) is 24.5 Å². The van der Waals surface area contributed by atoms with E-state index in [1.165, 1.54) is 12.3 Å². The number of nitrogens with zero attached hydrogens (tertiary/aromatic N) is 2. The minimum Gasteiger partial charge on any atom is -0.506 e. The Labute approximate surface area is 170 Å². The van der Waals surface area contributed by atoms with Crippen LogP contribution in [0.3, 0.4) is 0 Å². The Morgan fingerprint density at radius 3 is 2.68 bits per heavy atom. The van der Waals surface area contributed by atoms with E-state index >= 15 is 0 Å². The van der Waals surface area contributed by atoms with Crippen LogP contribution in [0.25, 0.3) is 0 Å². The quantitative estimate of drug-likeness (QED) is 0.753. The van der Waals surface area contributed by atoms with E-state index in [-0.39, 0.29) is 16.9 Å². The molecule has 2 aliphatic rings. The smallest absolute Gasteiger partial charge is 0.195 e. The summed E-state index contributed by atoms with van der Waals surface area (Å²) in [5, 5.41) is 21.2. The largest absolute Gasteiger partial charge is 0.506 e. The standard InChI is InChI=1S/C22H25ClN2O3/c1-21-13-22(28,8-15-2-4-17(23)5-3-15)9-16(21)11-25(14-21)12-20(27)19-7-6-18(26)10-24-19/h2-7,10,16,26,28H,8-9,11-14H2,1H3/t16-,21+,22-/m1/s1. The number of Topliss-reactive ketones (excluding diaryl/α,β-unsaturated/α-hetero) is 1. The lowest BCUT2D eigenvalue weighted by atomic mass is 9.82. The zero-order valence-corrected chi connectivity index (χ0v) is 16.7. The van der Waals surface area contributed by atoms with E-state index < -0.39 is 5.60 Å². The lowest BCUT2D eigenvalue weighted by Crippen LogP contribution is -2.35. The van der Waals surface area contributed by atoms with Crippen LogP contribution in [-0.4, -0.2) is 51.1 Å². The Balaban J connectivity index is 1.38. The maximum Gasteiger partial charge on any atom is 0.195 e. The third-order valence-electron chi connectivity index (χ3n) is 6.26. The first-order chi connectivity index (χ1) is 13.2. The SMILES string of the molecule is C[C@]12CN(CC(=O)c3ccc(O)cn3)C[C@H]1C[C@](O)(Cc1ccc(Cl)cc1)C2. The zero-order chi connectivity index (χ0) is 19.9. The van der Waals surface area contributed by atoms with Crippen LogP contribution in [0.5, 0.6) is 5.75 Å². The number of aliphatic hydroxyl groups is 1. The number of carbonyl (C=O) groups excluding carboxylic acids is 1. The van der Waals surface area contributed by atoms with E-state index in [0.717, 1.165) is 31.5 Å². The molecule has 1 aliphatic heterocycles. The van der Waals surface area contributed by atoms with Gasteiger partial charge in [0.1, 0.15) is 11.4 Å². The van der Waals surface area contributed by atoms with E-state index in [1.54, 1.807) is 6.07 Å². The molecule has 148 valence electrons. The van der Waals surface area contributed by atoms with Crippen molar-refractivity contribution >= 4 is 17.4 Å². The van der Waals surface area contributed by atoms with E-state index in [9.17, 15) is 15.0 Å². The number of pyridine rings is 1. The first-order valence-electron chi connectivity index (χ1n) is 9.62. The summed E-state index contributed by atoms with van der Waals surface area (Å²) in [7, 11) is 0. The average molecular weight is 401 g/mol. The molecule has 1 aromatic heterocycles. The molecule has 0 bridgehead atoms. The summed E-state index contributed by atoms with van der Waals surface area (Å²) in [6.07, 6.45) is 3.40. The van der Waals surface area contributed by atoms with Gasteiger partial charge < -0.3 is 10.2 Å². The summed E-state index contributed by atoms with van der Waals surface area (Å²) in [4.78, 5) is 18.7. The van der Waals surface area contributed by atoms with Gasteiger partial charge in [-0.3, -0.25) is 9.69 Å². The summed E-state index contributed by atoms with van der Waals surface area (Å²) >= 11 is 5.96. The van der Waals surface area contributed by atoms with Gasteiger partial charge in [-0.05, 0) is 54.0 Å². The molecule has 0 amide bonds. The second-order valence-corrected chi connectivity index (χ2v) is 9.19. The molecular weight excluding hydrogens is 376 g/mol. The zero-order valence-electron chi connectivity index (χ0n) is 15.9. The number of aromatic hydroxyl groups is 1. The lowest BCUT2D eigenvalue weighted by molar-refractivity contribution is 0.0291. The van der Waals surface area contributed by atoms with Crippen molar-refractivity contribution < 1.29 is 15.0 Å². The average Bonchev–Trinajstić information content (AvgIpc) is 3.04. The van der Waals surface area contributed by atoms with E-state index in [0.29, 0.717) is 29.6 Å². The number of hydrogen-bond acceptors (Lipinski definition) is 5. The highest BCUT2D eigenvalue weighted by atomic mass is 35.5. The van der Waals surface area contributed by atoms with Crippen LogP contribution < -0.4 is 0 Å². The second kappa shape index (κ2) is 7.14. The van der Waals surface area contributed by atoms with Crippen LogP contribution in [0.1, 0.15) is 35.8 Å². The van der Waals surface area contributed by atoms with Gasteiger partial charge in [0.15, 0.2) is 5.78 Å². The molecule has 6 heteroatoms. The van der Waals surface area contributed by atoms with Crippen molar-refractivity contribution in [3.05, 3.63) is 58.9 Å². The molecule has 2 fully saturated rings. The molecule has 3 atom stereocenters. The highest BCUT2D eigenvalue weighted by Gasteiger charge is 2.55. The maximum atomic E-state index is 12.5. The normalized spacial score (nSPS) is 29.8. The number of carbonyl (C=O) groups is 1. The van der Waals surface area contributed by atoms with Gasteiger partial charge in [-0.2, -0.15) is 0 Å². The molecule has 2 heterocycles. The molecule has 0 unspecified atom stereocenters. The van der Waals surface area contributed by atoms with Crippen molar-refractivity contribution in [2.45, 2.75) is 31.8 Å². The monoisotopic (exact) mass is 400 g/mol. The molecule has 1 saturated carbocycles. The minimum atomic E-state index is -0.706. The Hall–Kier alpha value is -1.95. The van der Waals surface area contributed by atoms with Crippen LogP contribution in [0.2, 0.25) is 5.02 Å². The maximum absolute atomic E-state index is 12.5. The molecule has 0 radical (unpaired) electrons.